The summed E-state index contributed by atoms with van der Waals surface area (Å²) in [6.45, 7) is 4.08. The number of ketones is 1. The maximum atomic E-state index is 12.6. The normalized spacial score (nSPS) is 16.4. The summed E-state index contributed by atoms with van der Waals surface area (Å²) in [7, 11) is 0. The van der Waals surface area contributed by atoms with Crippen LogP contribution >= 0.6 is 0 Å². The van der Waals surface area contributed by atoms with E-state index in [1.165, 1.54) is 21.7 Å². The van der Waals surface area contributed by atoms with E-state index >= 15 is 0 Å². The number of hydrogen-bond acceptors (Lipinski definition) is 1. The van der Waals surface area contributed by atoms with Crippen LogP contribution in [0.2, 0.25) is 0 Å². The Morgan fingerprint density at radius 1 is 0.895 bits per heavy atom. The first-order valence-corrected chi connectivity index (χ1v) is 6.60. The van der Waals surface area contributed by atoms with Crippen LogP contribution in [0.5, 0.6) is 0 Å². The fourth-order valence-corrected chi connectivity index (χ4v) is 3.41. The van der Waals surface area contributed by atoms with E-state index in [0.29, 0.717) is 0 Å². The summed E-state index contributed by atoms with van der Waals surface area (Å²) in [5.41, 5.74) is 1.65. The van der Waals surface area contributed by atoms with E-state index in [2.05, 4.69) is 30.3 Å². The van der Waals surface area contributed by atoms with Crippen molar-refractivity contribution in [2.75, 3.05) is 0 Å². The van der Waals surface area contributed by atoms with Gasteiger partial charge in [0, 0.05) is 5.56 Å². The number of Topliss-reactive ketones (excluding diaryl/α,β-unsaturated/α-hetero) is 1. The van der Waals surface area contributed by atoms with Gasteiger partial charge in [0.2, 0.25) is 0 Å². The highest BCUT2D eigenvalue weighted by Gasteiger charge is 2.40. The average Bonchev–Trinajstić information content (AvgIpc) is 2.62. The van der Waals surface area contributed by atoms with Gasteiger partial charge in [-0.2, -0.15) is 0 Å². The highest BCUT2D eigenvalue weighted by atomic mass is 16.1. The standard InChI is InChI=1S/C18H14O/c1-18(2)16-13-8-4-3-6-11(13)10-12-7-5-9-14(15(12)16)17(18)19/h3-10H,1-2H3. The molecule has 19 heavy (non-hydrogen) atoms. The molecule has 92 valence electrons. The SMILES string of the molecule is CC1(C)C(=O)c2cccc3cc4ccccc4c1c23. The van der Waals surface area contributed by atoms with Crippen LogP contribution in [0.15, 0.2) is 48.5 Å². The number of carbonyl (C=O) groups excluding carboxylic acids is 1. The lowest BCUT2D eigenvalue weighted by atomic mass is 9.82. The van der Waals surface area contributed by atoms with Crippen LogP contribution < -0.4 is 0 Å². The molecular formula is C18H14O. The zero-order valence-electron chi connectivity index (χ0n) is 11.0. The zero-order chi connectivity index (χ0) is 13.2. The van der Waals surface area contributed by atoms with E-state index in [1.54, 1.807) is 0 Å². The largest absolute Gasteiger partial charge is 0.293 e. The number of carbonyl (C=O) groups is 1. The minimum atomic E-state index is -0.428. The van der Waals surface area contributed by atoms with E-state index in [1.807, 2.05) is 32.0 Å². The Morgan fingerprint density at radius 2 is 1.63 bits per heavy atom. The van der Waals surface area contributed by atoms with Gasteiger partial charge in [0.1, 0.15) is 0 Å². The molecule has 0 atom stereocenters. The van der Waals surface area contributed by atoms with Gasteiger partial charge < -0.3 is 0 Å². The fraction of sp³-hybridized carbons (Fsp3) is 0.167. The third-order valence-corrected chi connectivity index (χ3v) is 4.33. The monoisotopic (exact) mass is 246 g/mol. The lowest BCUT2D eigenvalue weighted by Gasteiger charge is -2.19. The first-order chi connectivity index (χ1) is 9.10. The summed E-state index contributed by atoms with van der Waals surface area (Å²) in [6.07, 6.45) is 0. The molecule has 0 saturated heterocycles. The maximum Gasteiger partial charge on any atom is 0.173 e. The van der Waals surface area contributed by atoms with Gasteiger partial charge in [-0.15, -0.1) is 0 Å². The Bertz CT molecular complexity index is 856. The van der Waals surface area contributed by atoms with Crippen molar-refractivity contribution in [3.63, 3.8) is 0 Å². The van der Waals surface area contributed by atoms with Crippen molar-refractivity contribution in [1.29, 1.82) is 0 Å². The van der Waals surface area contributed by atoms with Crippen molar-refractivity contribution in [3.05, 3.63) is 59.7 Å². The molecule has 1 nitrogen and oxygen atoms in total. The highest BCUT2D eigenvalue weighted by Crippen LogP contribution is 2.45. The molecule has 0 fully saturated rings. The number of benzene rings is 3. The van der Waals surface area contributed by atoms with Crippen LogP contribution in [-0.4, -0.2) is 5.78 Å². The molecule has 0 N–H and O–H groups in total. The van der Waals surface area contributed by atoms with E-state index in [0.717, 1.165) is 10.9 Å². The van der Waals surface area contributed by atoms with Crippen molar-refractivity contribution in [1.82, 2.24) is 0 Å². The Morgan fingerprint density at radius 3 is 2.47 bits per heavy atom. The van der Waals surface area contributed by atoms with Crippen LogP contribution in [-0.2, 0) is 5.41 Å². The van der Waals surface area contributed by atoms with Crippen LogP contribution in [0.3, 0.4) is 0 Å². The van der Waals surface area contributed by atoms with Gasteiger partial charge >= 0.3 is 0 Å². The van der Waals surface area contributed by atoms with Gasteiger partial charge in [-0.05, 0) is 47.0 Å². The fourth-order valence-electron chi connectivity index (χ4n) is 3.41. The summed E-state index contributed by atoms with van der Waals surface area (Å²) >= 11 is 0. The molecule has 3 aromatic carbocycles. The predicted molar refractivity (Wildman–Crippen MR) is 78.8 cm³/mol. The average molecular weight is 246 g/mol. The summed E-state index contributed by atoms with van der Waals surface area (Å²) in [4.78, 5) is 12.6. The minimum absolute atomic E-state index is 0.240. The van der Waals surface area contributed by atoms with Gasteiger partial charge in [-0.1, -0.05) is 42.5 Å². The molecule has 3 aromatic rings. The Kier molecular flexibility index (Phi) is 1.83. The number of hydrogen-bond donors (Lipinski definition) is 0. The van der Waals surface area contributed by atoms with Crippen molar-refractivity contribution in [3.8, 4) is 0 Å². The molecule has 1 aliphatic carbocycles. The lowest BCUT2D eigenvalue weighted by Crippen LogP contribution is -2.23. The van der Waals surface area contributed by atoms with Gasteiger partial charge in [-0.3, -0.25) is 4.79 Å². The first kappa shape index (κ1) is 10.7. The molecule has 0 aromatic heterocycles. The predicted octanol–water partition coefficient (Wildman–Crippen LogP) is 4.47. The van der Waals surface area contributed by atoms with Crippen LogP contribution in [0, 0.1) is 0 Å². The van der Waals surface area contributed by atoms with Gasteiger partial charge in [0.15, 0.2) is 5.78 Å². The maximum absolute atomic E-state index is 12.6. The van der Waals surface area contributed by atoms with E-state index in [4.69, 9.17) is 0 Å². The molecule has 0 amide bonds. The molecule has 0 saturated carbocycles. The molecule has 0 radical (unpaired) electrons. The summed E-state index contributed by atoms with van der Waals surface area (Å²) in [5, 5.41) is 4.74. The Labute approximate surface area is 111 Å². The molecule has 0 spiro atoms. The first-order valence-electron chi connectivity index (χ1n) is 6.60. The van der Waals surface area contributed by atoms with E-state index in [-0.39, 0.29) is 5.78 Å². The second-order valence-electron chi connectivity index (χ2n) is 5.83. The molecule has 0 heterocycles. The molecule has 4 rings (SSSR count). The molecular weight excluding hydrogens is 232 g/mol. The van der Waals surface area contributed by atoms with E-state index in [9.17, 15) is 4.79 Å². The minimum Gasteiger partial charge on any atom is -0.293 e. The van der Waals surface area contributed by atoms with E-state index < -0.39 is 5.41 Å². The van der Waals surface area contributed by atoms with Gasteiger partial charge in [0.05, 0.1) is 5.41 Å². The summed E-state index contributed by atoms with van der Waals surface area (Å²) in [5.74, 6) is 0.240. The number of rotatable bonds is 0. The number of fused-ring (bicyclic) bond motifs is 2. The summed E-state index contributed by atoms with van der Waals surface area (Å²) < 4.78 is 0. The second kappa shape index (κ2) is 3.24. The molecule has 0 aliphatic heterocycles. The van der Waals surface area contributed by atoms with Crippen molar-refractivity contribution in [2.45, 2.75) is 19.3 Å². The molecule has 1 aliphatic rings. The van der Waals surface area contributed by atoms with Crippen molar-refractivity contribution in [2.24, 2.45) is 0 Å². The molecule has 0 bridgehead atoms. The van der Waals surface area contributed by atoms with Crippen LogP contribution in [0.1, 0.15) is 29.8 Å². The smallest absolute Gasteiger partial charge is 0.173 e. The third-order valence-electron chi connectivity index (χ3n) is 4.33. The highest BCUT2D eigenvalue weighted by molar-refractivity contribution is 6.24. The summed E-state index contributed by atoms with van der Waals surface area (Å²) in [6, 6.07) is 16.6. The second-order valence-corrected chi connectivity index (χ2v) is 5.83. The van der Waals surface area contributed by atoms with Crippen molar-refractivity contribution < 1.29 is 4.79 Å². The van der Waals surface area contributed by atoms with Gasteiger partial charge in [-0.25, -0.2) is 0 Å². The molecule has 0 unspecified atom stereocenters. The topological polar surface area (TPSA) is 17.1 Å². The zero-order valence-corrected chi connectivity index (χ0v) is 11.0. The van der Waals surface area contributed by atoms with Crippen molar-refractivity contribution >= 4 is 27.3 Å². The van der Waals surface area contributed by atoms with Crippen LogP contribution in [0.25, 0.3) is 21.5 Å². The quantitative estimate of drug-likeness (QED) is 0.535. The third kappa shape index (κ3) is 1.18. The Hall–Kier alpha value is -2.15. The Balaban J connectivity index is 2.36. The van der Waals surface area contributed by atoms with Gasteiger partial charge in [0.25, 0.3) is 0 Å². The lowest BCUT2D eigenvalue weighted by molar-refractivity contribution is 0.0920. The van der Waals surface area contributed by atoms with Crippen LogP contribution in [0.4, 0.5) is 0 Å². The molecule has 1 heteroatoms.